The summed E-state index contributed by atoms with van der Waals surface area (Å²) in [4.78, 5) is 11.7. The number of nitrogens with zero attached hydrogens (tertiary/aromatic N) is 6. The van der Waals surface area contributed by atoms with Gasteiger partial charge in [0, 0.05) is 0 Å². The number of aryl methyl sites for hydroxylation is 1. The average Bonchev–Trinajstić information content (AvgIpc) is 2.98. The first kappa shape index (κ1) is 12.5. The lowest BCUT2D eigenvalue weighted by Gasteiger charge is -2.02. The normalized spacial score (nSPS) is 14.6. The lowest BCUT2D eigenvalue weighted by Crippen LogP contribution is -2.14. The third-order valence-corrected chi connectivity index (χ3v) is 4.15. The Morgan fingerprint density at radius 3 is 3.00 bits per heavy atom. The second-order valence-corrected chi connectivity index (χ2v) is 6.22. The second-order valence-electron chi connectivity index (χ2n) is 4.10. The summed E-state index contributed by atoms with van der Waals surface area (Å²) in [5.74, 6) is 0.123. The van der Waals surface area contributed by atoms with Crippen molar-refractivity contribution < 1.29 is 4.79 Å². The van der Waals surface area contributed by atoms with Crippen molar-refractivity contribution in [2.45, 2.75) is 31.0 Å². The lowest BCUT2D eigenvalue weighted by molar-refractivity contribution is -0.113. The van der Waals surface area contributed by atoms with Crippen molar-refractivity contribution in [1.82, 2.24) is 30.4 Å². The highest BCUT2D eigenvalue weighted by atomic mass is 32.2. The van der Waals surface area contributed by atoms with Gasteiger partial charge in [-0.25, -0.2) is 4.68 Å². The van der Waals surface area contributed by atoms with E-state index in [1.165, 1.54) is 23.1 Å². The topological polar surface area (TPSA) is 98.5 Å². The summed E-state index contributed by atoms with van der Waals surface area (Å²) in [6.07, 6.45) is 2.21. The fourth-order valence-corrected chi connectivity index (χ4v) is 2.81. The molecule has 2 heterocycles. The molecule has 8 nitrogen and oxygen atoms in total. The zero-order chi connectivity index (χ0) is 13.2. The van der Waals surface area contributed by atoms with Crippen LogP contribution in [0.25, 0.3) is 0 Å². The summed E-state index contributed by atoms with van der Waals surface area (Å²) in [7, 11) is 0. The van der Waals surface area contributed by atoms with Crippen molar-refractivity contribution >= 4 is 34.1 Å². The molecule has 1 amide bonds. The van der Waals surface area contributed by atoms with Crippen LogP contribution in [0.15, 0.2) is 5.16 Å². The molecule has 1 saturated carbocycles. The van der Waals surface area contributed by atoms with Gasteiger partial charge >= 0.3 is 0 Å². The third-order valence-electron chi connectivity index (χ3n) is 2.46. The number of carbonyl (C=O) groups is 1. The minimum Gasteiger partial charge on any atom is -0.300 e. The van der Waals surface area contributed by atoms with Gasteiger partial charge < -0.3 is 0 Å². The highest BCUT2D eigenvalue weighted by Crippen LogP contribution is 2.36. The number of anilines is 1. The molecule has 19 heavy (non-hydrogen) atoms. The molecule has 0 unspecified atom stereocenters. The zero-order valence-electron chi connectivity index (χ0n) is 10.1. The number of amides is 1. The van der Waals surface area contributed by atoms with Crippen LogP contribution in [0.2, 0.25) is 0 Å². The van der Waals surface area contributed by atoms with Crippen LogP contribution in [0.4, 0.5) is 5.13 Å². The van der Waals surface area contributed by atoms with Gasteiger partial charge in [0.1, 0.15) is 5.01 Å². The molecule has 1 aliphatic carbocycles. The van der Waals surface area contributed by atoms with E-state index < -0.39 is 0 Å². The monoisotopic (exact) mass is 297 g/mol. The molecule has 0 aromatic carbocycles. The van der Waals surface area contributed by atoms with Crippen LogP contribution in [0.5, 0.6) is 0 Å². The summed E-state index contributed by atoms with van der Waals surface area (Å²) in [5, 5.41) is 23.9. The number of carbonyl (C=O) groups excluding carboxylic acids is 1. The van der Waals surface area contributed by atoms with Crippen LogP contribution in [-0.2, 0) is 4.79 Å². The predicted octanol–water partition coefficient (Wildman–Crippen LogP) is 0.899. The van der Waals surface area contributed by atoms with Crippen LogP contribution in [-0.4, -0.2) is 42.1 Å². The Kier molecular flexibility index (Phi) is 3.42. The van der Waals surface area contributed by atoms with Crippen molar-refractivity contribution in [3.63, 3.8) is 0 Å². The SMILES string of the molecule is Cc1nnc(NC(=O)CSc2nnnn2C2CC2)s1. The molecule has 2 aromatic heterocycles. The van der Waals surface area contributed by atoms with Gasteiger partial charge in [0.05, 0.1) is 11.8 Å². The van der Waals surface area contributed by atoms with E-state index in [9.17, 15) is 4.79 Å². The Hall–Kier alpha value is -1.55. The molecular formula is C9H11N7OS2. The molecular weight excluding hydrogens is 286 g/mol. The Morgan fingerprint density at radius 2 is 2.32 bits per heavy atom. The Morgan fingerprint density at radius 1 is 1.47 bits per heavy atom. The molecule has 1 N–H and O–H groups in total. The number of rotatable bonds is 5. The van der Waals surface area contributed by atoms with Crippen LogP contribution in [0.1, 0.15) is 23.9 Å². The number of thioether (sulfide) groups is 1. The standard InChI is InChI=1S/C9H11N7OS2/c1-5-11-12-8(19-5)10-7(17)4-18-9-13-14-15-16(9)6-2-3-6/h6H,2-4H2,1H3,(H,10,12,17). The molecule has 0 aliphatic heterocycles. The predicted molar refractivity (Wildman–Crippen MR) is 70.1 cm³/mol. The van der Waals surface area contributed by atoms with Gasteiger partial charge in [-0.2, -0.15) is 0 Å². The zero-order valence-corrected chi connectivity index (χ0v) is 11.7. The van der Waals surface area contributed by atoms with Gasteiger partial charge in [0.25, 0.3) is 0 Å². The number of tetrazole rings is 1. The Labute approximate surface area is 117 Å². The number of hydrogen-bond donors (Lipinski definition) is 1. The summed E-state index contributed by atoms with van der Waals surface area (Å²) in [6, 6.07) is 0.409. The number of hydrogen-bond acceptors (Lipinski definition) is 8. The van der Waals surface area contributed by atoms with Gasteiger partial charge in [-0.1, -0.05) is 23.1 Å². The fourth-order valence-electron chi connectivity index (χ4n) is 1.46. The van der Waals surface area contributed by atoms with Crippen molar-refractivity contribution in [2.75, 3.05) is 11.1 Å². The van der Waals surface area contributed by atoms with Gasteiger partial charge in [0.2, 0.25) is 16.2 Å². The van der Waals surface area contributed by atoms with E-state index in [1.807, 2.05) is 6.92 Å². The lowest BCUT2D eigenvalue weighted by atomic mass is 10.7. The van der Waals surface area contributed by atoms with Crippen LogP contribution in [0.3, 0.4) is 0 Å². The summed E-state index contributed by atoms with van der Waals surface area (Å²) >= 11 is 2.68. The molecule has 2 aromatic rings. The van der Waals surface area contributed by atoms with Gasteiger partial charge in [-0.05, 0) is 30.2 Å². The van der Waals surface area contributed by atoms with E-state index in [0.29, 0.717) is 16.3 Å². The van der Waals surface area contributed by atoms with Crippen LogP contribution < -0.4 is 5.32 Å². The van der Waals surface area contributed by atoms with Crippen molar-refractivity contribution in [3.8, 4) is 0 Å². The highest BCUT2D eigenvalue weighted by Gasteiger charge is 2.28. The van der Waals surface area contributed by atoms with Crippen molar-refractivity contribution in [2.24, 2.45) is 0 Å². The summed E-state index contributed by atoms with van der Waals surface area (Å²) in [6.45, 7) is 1.84. The molecule has 0 bridgehead atoms. The van der Waals surface area contributed by atoms with E-state index in [1.54, 1.807) is 4.68 Å². The highest BCUT2D eigenvalue weighted by molar-refractivity contribution is 7.99. The minimum absolute atomic E-state index is 0.133. The van der Waals surface area contributed by atoms with Gasteiger partial charge in [0.15, 0.2) is 0 Å². The molecule has 100 valence electrons. The molecule has 10 heteroatoms. The van der Waals surface area contributed by atoms with E-state index in [-0.39, 0.29) is 11.7 Å². The van der Waals surface area contributed by atoms with Gasteiger partial charge in [-0.15, -0.1) is 15.3 Å². The molecule has 0 radical (unpaired) electrons. The first-order chi connectivity index (χ1) is 9.22. The molecule has 3 rings (SSSR count). The third kappa shape index (κ3) is 3.07. The molecule has 1 fully saturated rings. The van der Waals surface area contributed by atoms with E-state index >= 15 is 0 Å². The average molecular weight is 297 g/mol. The second kappa shape index (κ2) is 5.21. The first-order valence-corrected chi connectivity index (χ1v) is 7.53. The van der Waals surface area contributed by atoms with E-state index in [2.05, 4.69) is 31.0 Å². The number of aromatic nitrogens is 6. The molecule has 0 atom stereocenters. The smallest absolute Gasteiger partial charge is 0.236 e. The largest absolute Gasteiger partial charge is 0.300 e. The number of nitrogens with one attached hydrogen (secondary N) is 1. The molecule has 0 spiro atoms. The maximum Gasteiger partial charge on any atom is 0.236 e. The minimum atomic E-state index is -0.133. The summed E-state index contributed by atoms with van der Waals surface area (Å²) in [5.41, 5.74) is 0. The van der Waals surface area contributed by atoms with Crippen LogP contribution >= 0.6 is 23.1 Å². The Balaban J connectivity index is 1.54. The first-order valence-electron chi connectivity index (χ1n) is 5.73. The Bertz CT molecular complexity index is 591. The van der Waals surface area contributed by atoms with E-state index in [0.717, 1.165) is 17.8 Å². The maximum absolute atomic E-state index is 11.7. The van der Waals surface area contributed by atoms with Gasteiger partial charge in [-0.3, -0.25) is 10.1 Å². The quantitative estimate of drug-likeness (QED) is 0.818. The van der Waals surface area contributed by atoms with Crippen molar-refractivity contribution in [1.29, 1.82) is 0 Å². The van der Waals surface area contributed by atoms with Crippen molar-refractivity contribution in [3.05, 3.63) is 5.01 Å². The van der Waals surface area contributed by atoms with E-state index in [4.69, 9.17) is 0 Å². The summed E-state index contributed by atoms with van der Waals surface area (Å²) < 4.78 is 1.78. The molecule has 0 saturated heterocycles. The maximum atomic E-state index is 11.7. The van der Waals surface area contributed by atoms with Crippen LogP contribution in [0, 0.1) is 6.92 Å². The molecule has 1 aliphatic rings. The fraction of sp³-hybridized carbons (Fsp3) is 0.556.